The molecule has 3 rings (SSSR count). The minimum Gasteiger partial charge on any atom is -0.481 e. The van der Waals surface area contributed by atoms with E-state index < -0.39 is 11.6 Å². The molecule has 0 fully saturated rings. The fraction of sp³-hybridized carbons (Fsp3) is 0.500. The van der Waals surface area contributed by atoms with E-state index in [0.29, 0.717) is 30.5 Å². The van der Waals surface area contributed by atoms with Crippen LogP contribution in [0.3, 0.4) is 0 Å². The Kier molecular flexibility index (Phi) is 5.24. The van der Waals surface area contributed by atoms with E-state index in [2.05, 4.69) is 4.98 Å². The SMILES string of the molecule is CCC1(CC(=O)O)OCCc2c1[nH]c1c(CCC(=O)N(C)C)c(F)ccc21. The minimum atomic E-state index is -0.939. The van der Waals surface area contributed by atoms with Crippen LogP contribution >= 0.6 is 0 Å². The minimum absolute atomic E-state index is 0.0696. The molecule has 1 aliphatic heterocycles. The number of rotatable bonds is 6. The van der Waals surface area contributed by atoms with Crippen LogP contribution in [0.2, 0.25) is 0 Å². The second-order valence-corrected chi connectivity index (χ2v) is 7.23. The maximum absolute atomic E-state index is 14.5. The van der Waals surface area contributed by atoms with E-state index in [1.165, 1.54) is 11.0 Å². The molecule has 2 heterocycles. The molecular formula is C20H25FN2O4. The smallest absolute Gasteiger partial charge is 0.306 e. The van der Waals surface area contributed by atoms with Gasteiger partial charge in [0.25, 0.3) is 0 Å². The number of fused-ring (bicyclic) bond motifs is 3. The van der Waals surface area contributed by atoms with Gasteiger partial charge in [-0.1, -0.05) is 6.92 Å². The van der Waals surface area contributed by atoms with Gasteiger partial charge in [0.05, 0.1) is 24.2 Å². The lowest BCUT2D eigenvalue weighted by molar-refractivity contribution is -0.148. The second-order valence-electron chi connectivity index (χ2n) is 7.23. The zero-order valence-corrected chi connectivity index (χ0v) is 15.9. The molecule has 1 aliphatic rings. The number of carbonyl (C=O) groups is 2. The fourth-order valence-electron chi connectivity index (χ4n) is 3.91. The van der Waals surface area contributed by atoms with E-state index in [1.807, 2.05) is 6.92 Å². The van der Waals surface area contributed by atoms with Crippen LogP contribution < -0.4 is 0 Å². The van der Waals surface area contributed by atoms with Gasteiger partial charge in [-0.3, -0.25) is 9.59 Å². The number of carbonyl (C=O) groups excluding carboxylic acids is 1. The third-order valence-corrected chi connectivity index (χ3v) is 5.41. The fourth-order valence-corrected chi connectivity index (χ4v) is 3.91. The van der Waals surface area contributed by atoms with Crippen molar-refractivity contribution in [2.45, 2.75) is 44.6 Å². The Morgan fingerprint density at radius 1 is 1.37 bits per heavy atom. The molecule has 1 aromatic heterocycles. The van der Waals surface area contributed by atoms with Gasteiger partial charge in [-0.25, -0.2) is 4.39 Å². The molecule has 7 heteroatoms. The highest BCUT2D eigenvalue weighted by Gasteiger charge is 2.41. The molecule has 0 aliphatic carbocycles. The van der Waals surface area contributed by atoms with Crippen molar-refractivity contribution in [1.82, 2.24) is 9.88 Å². The van der Waals surface area contributed by atoms with Gasteiger partial charge in [0.15, 0.2) is 0 Å². The Labute approximate surface area is 157 Å². The first kappa shape index (κ1) is 19.4. The van der Waals surface area contributed by atoms with E-state index in [0.717, 1.165) is 16.6 Å². The van der Waals surface area contributed by atoms with Crippen LogP contribution in [0.15, 0.2) is 12.1 Å². The van der Waals surface area contributed by atoms with Crippen LogP contribution in [0.25, 0.3) is 10.9 Å². The summed E-state index contributed by atoms with van der Waals surface area (Å²) in [6, 6.07) is 3.15. The maximum Gasteiger partial charge on any atom is 0.306 e. The summed E-state index contributed by atoms with van der Waals surface area (Å²) in [5.74, 6) is -1.37. The van der Waals surface area contributed by atoms with Crippen molar-refractivity contribution < 1.29 is 23.8 Å². The molecule has 0 saturated heterocycles. The van der Waals surface area contributed by atoms with E-state index in [-0.39, 0.29) is 31.0 Å². The molecule has 0 saturated carbocycles. The largest absolute Gasteiger partial charge is 0.481 e. The number of nitrogens with zero attached hydrogens (tertiary/aromatic N) is 1. The van der Waals surface area contributed by atoms with E-state index in [1.54, 1.807) is 20.2 Å². The van der Waals surface area contributed by atoms with Crippen molar-refractivity contribution >= 4 is 22.8 Å². The number of nitrogens with one attached hydrogen (secondary N) is 1. The number of carboxylic acid groups (broad SMARTS) is 1. The van der Waals surface area contributed by atoms with Gasteiger partial charge < -0.3 is 19.7 Å². The van der Waals surface area contributed by atoms with Gasteiger partial charge in [-0.2, -0.15) is 0 Å². The first-order chi connectivity index (χ1) is 12.8. The Hall–Kier alpha value is -2.41. The second kappa shape index (κ2) is 7.31. The third-order valence-electron chi connectivity index (χ3n) is 5.41. The standard InChI is InChI=1S/C20H25FN2O4/c1-4-20(11-17(25)26)19-13(9-10-27-20)12-5-7-15(21)14(18(12)22-19)6-8-16(24)23(2)3/h5,7,22H,4,6,8-11H2,1-3H3,(H,25,26). The summed E-state index contributed by atoms with van der Waals surface area (Å²) >= 11 is 0. The first-order valence-corrected chi connectivity index (χ1v) is 9.17. The summed E-state index contributed by atoms with van der Waals surface area (Å²) in [6.45, 7) is 2.31. The van der Waals surface area contributed by atoms with Crippen molar-refractivity contribution in [2.24, 2.45) is 0 Å². The molecule has 1 amide bonds. The molecule has 2 aromatic rings. The summed E-state index contributed by atoms with van der Waals surface area (Å²) in [5.41, 5.74) is 1.86. The lowest BCUT2D eigenvalue weighted by atomic mass is 9.86. The van der Waals surface area contributed by atoms with Gasteiger partial charge in [0.1, 0.15) is 11.4 Å². The number of ether oxygens (including phenoxy) is 1. The Morgan fingerprint density at radius 2 is 2.11 bits per heavy atom. The normalized spacial score (nSPS) is 19.1. The number of halogens is 1. The molecule has 1 unspecified atom stereocenters. The van der Waals surface area contributed by atoms with Crippen molar-refractivity contribution in [3.8, 4) is 0 Å². The van der Waals surface area contributed by atoms with Crippen molar-refractivity contribution in [2.75, 3.05) is 20.7 Å². The van der Waals surface area contributed by atoms with Gasteiger partial charge >= 0.3 is 5.97 Å². The van der Waals surface area contributed by atoms with Crippen LogP contribution in [0.1, 0.15) is 43.0 Å². The van der Waals surface area contributed by atoms with Crippen LogP contribution in [0.4, 0.5) is 4.39 Å². The topological polar surface area (TPSA) is 82.6 Å². The van der Waals surface area contributed by atoms with E-state index >= 15 is 0 Å². The van der Waals surface area contributed by atoms with Gasteiger partial charge in [0.2, 0.25) is 5.91 Å². The lowest BCUT2D eigenvalue weighted by Crippen LogP contribution is -2.37. The van der Waals surface area contributed by atoms with Crippen LogP contribution in [-0.2, 0) is 32.8 Å². The monoisotopic (exact) mass is 376 g/mol. The highest BCUT2D eigenvalue weighted by molar-refractivity contribution is 5.89. The number of aromatic amines is 1. The van der Waals surface area contributed by atoms with Crippen molar-refractivity contribution in [1.29, 1.82) is 0 Å². The molecular weight excluding hydrogens is 351 g/mol. The quantitative estimate of drug-likeness (QED) is 0.812. The van der Waals surface area contributed by atoms with Gasteiger partial charge in [-0.15, -0.1) is 0 Å². The third kappa shape index (κ3) is 3.43. The molecule has 0 bridgehead atoms. The summed E-state index contributed by atoms with van der Waals surface area (Å²) in [5, 5.41) is 10.2. The average Bonchev–Trinajstić information content (AvgIpc) is 3.00. The first-order valence-electron chi connectivity index (χ1n) is 9.17. The van der Waals surface area contributed by atoms with Crippen LogP contribution in [0, 0.1) is 5.82 Å². The van der Waals surface area contributed by atoms with Crippen LogP contribution in [-0.4, -0.2) is 47.6 Å². The highest BCUT2D eigenvalue weighted by Crippen LogP contribution is 2.42. The van der Waals surface area contributed by atoms with Gasteiger partial charge in [-0.05, 0) is 37.0 Å². The zero-order chi connectivity index (χ0) is 19.8. The van der Waals surface area contributed by atoms with Gasteiger partial charge in [0, 0.05) is 31.5 Å². The number of aryl methyl sites for hydroxylation is 1. The molecule has 0 spiro atoms. The lowest BCUT2D eigenvalue weighted by Gasteiger charge is -2.35. The van der Waals surface area contributed by atoms with E-state index in [4.69, 9.17) is 4.74 Å². The highest BCUT2D eigenvalue weighted by atomic mass is 19.1. The molecule has 2 N–H and O–H groups in total. The average molecular weight is 376 g/mol. The van der Waals surface area contributed by atoms with Crippen molar-refractivity contribution in [3.05, 3.63) is 34.8 Å². The Bertz CT molecular complexity index is 890. The number of hydrogen-bond acceptors (Lipinski definition) is 3. The number of H-pyrrole nitrogens is 1. The summed E-state index contributed by atoms with van der Waals surface area (Å²) in [4.78, 5) is 28.1. The van der Waals surface area contributed by atoms with Crippen LogP contribution in [0.5, 0.6) is 0 Å². The molecule has 1 atom stereocenters. The Morgan fingerprint density at radius 3 is 2.74 bits per heavy atom. The predicted octanol–water partition coefficient (Wildman–Crippen LogP) is 2.98. The Balaban J connectivity index is 2.10. The number of hydrogen-bond donors (Lipinski definition) is 2. The number of carboxylic acids is 1. The number of benzene rings is 1. The summed E-state index contributed by atoms with van der Waals surface area (Å²) < 4.78 is 20.5. The molecule has 27 heavy (non-hydrogen) atoms. The number of amides is 1. The summed E-state index contributed by atoms with van der Waals surface area (Å²) in [7, 11) is 3.34. The predicted molar refractivity (Wildman–Crippen MR) is 99.1 cm³/mol. The number of aromatic nitrogens is 1. The molecule has 146 valence electrons. The summed E-state index contributed by atoms with van der Waals surface area (Å²) in [6.07, 6.45) is 1.46. The van der Waals surface area contributed by atoms with E-state index in [9.17, 15) is 19.1 Å². The number of aliphatic carboxylic acids is 1. The maximum atomic E-state index is 14.5. The zero-order valence-electron chi connectivity index (χ0n) is 15.9. The molecule has 0 radical (unpaired) electrons. The van der Waals surface area contributed by atoms with Crippen molar-refractivity contribution in [3.63, 3.8) is 0 Å². The molecule has 1 aromatic carbocycles. The molecule has 6 nitrogen and oxygen atoms in total.